The SMILES string of the molecule is C/C=C\C.CCCC(CCC(C)n1cc(-c2ccc(Oc3ccccc3)cc2)c2c(N)ncnc21)N1CCCC1.CNC. The minimum absolute atomic E-state index is 0.318. The normalized spacial score (nSPS) is 14.6. The van der Waals surface area contributed by atoms with E-state index in [9.17, 15) is 0 Å². The van der Waals surface area contributed by atoms with E-state index in [-0.39, 0.29) is 0 Å². The van der Waals surface area contributed by atoms with Gasteiger partial charge in [-0.05, 0) is 110 Å². The van der Waals surface area contributed by atoms with Crippen LogP contribution in [0.2, 0.25) is 0 Å². The van der Waals surface area contributed by atoms with Crippen LogP contribution in [0.25, 0.3) is 22.2 Å². The second kappa shape index (κ2) is 18.1. The fourth-order valence-corrected chi connectivity index (χ4v) is 5.51. The monoisotopic (exact) mass is 584 g/mol. The highest BCUT2D eigenvalue weighted by Crippen LogP contribution is 2.36. The number of ether oxygens (including phenoxy) is 1. The van der Waals surface area contributed by atoms with E-state index >= 15 is 0 Å². The molecule has 7 heteroatoms. The molecule has 2 aromatic heterocycles. The topological polar surface area (TPSA) is 81.2 Å². The molecule has 1 aliphatic heterocycles. The minimum Gasteiger partial charge on any atom is -0.457 e. The van der Waals surface area contributed by atoms with Gasteiger partial charge in [0.15, 0.2) is 0 Å². The van der Waals surface area contributed by atoms with Crippen LogP contribution in [0.4, 0.5) is 5.82 Å². The number of nitrogens with one attached hydrogen (secondary N) is 1. The third-order valence-electron chi connectivity index (χ3n) is 7.79. The molecule has 4 aromatic rings. The van der Waals surface area contributed by atoms with Crippen molar-refractivity contribution in [1.29, 1.82) is 0 Å². The molecule has 1 saturated heterocycles. The number of aromatic nitrogens is 3. The zero-order valence-electron chi connectivity index (χ0n) is 27.1. The number of allylic oxidation sites excluding steroid dienone is 2. The number of anilines is 1. The Hall–Kier alpha value is -3.68. The van der Waals surface area contributed by atoms with E-state index in [0.29, 0.717) is 17.9 Å². The van der Waals surface area contributed by atoms with Gasteiger partial charge in [0.2, 0.25) is 0 Å². The Morgan fingerprint density at radius 2 is 1.53 bits per heavy atom. The predicted octanol–water partition coefficient (Wildman–Crippen LogP) is 8.50. The Kier molecular flexibility index (Phi) is 14.2. The van der Waals surface area contributed by atoms with Gasteiger partial charge in [0, 0.05) is 23.8 Å². The quantitative estimate of drug-likeness (QED) is 0.182. The van der Waals surface area contributed by atoms with Crippen molar-refractivity contribution in [2.75, 3.05) is 32.9 Å². The van der Waals surface area contributed by atoms with Gasteiger partial charge in [-0.2, -0.15) is 0 Å². The summed E-state index contributed by atoms with van der Waals surface area (Å²) in [4.78, 5) is 11.7. The van der Waals surface area contributed by atoms with Crippen molar-refractivity contribution < 1.29 is 4.74 Å². The highest BCUT2D eigenvalue weighted by atomic mass is 16.5. The third kappa shape index (κ3) is 9.66. The van der Waals surface area contributed by atoms with E-state index in [4.69, 9.17) is 10.5 Å². The van der Waals surface area contributed by atoms with Crippen LogP contribution in [0.1, 0.15) is 72.3 Å². The molecule has 1 fully saturated rings. The van der Waals surface area contributed by atoms with Crippen LogP contribution in [0.3, 0.4) is 0 Å². The van der Waals surface area contributed by atoms with Gasteiger partial charge < -0.3 is 25.3 Å². The average molecular weight is 585 g/mol. The zero-order chi connectivity index (χ0) is 31.0. The number of para-hydroxylation sites is 1. The first kappa shape index (κ1) is 33.8. The maximum atomic E-state index is 6.39. The largest absolute Gasteiger partial charge is 0.457 e. The molecule has 0 saturated carbocycles. The van der Waals surface area contributed by atoms with Crippen molar-refractivity contribution in [3.05, 3.63) is 79.3 Å². The molecular formula is C36H52N6O. The van der Waals surface area contributed by atoms with E-state index in [1.165, 1.54) is 45.2 Å². The van der Waals surface area contributed by atoms with Crippen molar-refractivity contribution in [3.8, 4) is 22.6 Å². The molecule has 0 spiro atoms. The van der Waals surface area contributed by atoms with Gasteiger partial charge >= 0.3 is 0 Å². The van der Waals surface area contributed by atoms with Gasteiger partial charge in [0.25, 0.3) is 0 Å². The van der Waals surface area contributed by atoms with Gasteiger partial charge in [-0.15, -0.1) is 0 Å². The standard InChI is InChI=1S/C30H37N5O.C4H8.C2H7N/c1-3-9-24(34-18-7-8-19-34)15-12-22(2)35-20-27(28-29(31)32-21-33-30(28)35)23-13-16-26(17-14-23)36-25-10-5-4-6-11-25;1-3-4-2;1-3-2/h4-6,10-11,13-14,16-17,20-22,24H,3,7-9,12,15,18-19H2,1-2H3,(H2,31,32,33);3-4H,1-2H3;3H,1-2H3/b;4-3-;. The number of nitrogens with two attached hydrogens (primary N) is 1. The molecular weight excluding hydrogens is 532 g/mol. The molecule has 3 heterocycles. The fraction of sp³-hybridized carbons (Fsp3) is 0.444. The molecule has 1 aliphatic rings. The molecule has 2 aromatic carbocycles. The van der Waals surface area contributed by atoms with Crippen molar-refractivity contribution >= 4 is 16.9 Å². The van der Waals surface area contributed by atoms with Crippen LogP contribution in [0.15, 0.2) is 79.3 Å². The molecule has 5 rings (SSSR count). The van der Waals surface area contributed by atoms with Crippen LogP contribution in [0, 0.1) is 0 Å². The number of hydrogen-bond acceptors (Lipinski definition) is 6. The first-order valence-corrected chi connectivity index (χ1v) is 15.8. The van der Waals surface area contributed by atoms with Crippen LogP contribution in [-0.2, 0) is 0 Å². The van der Waals surface area contributed by atoms with Gasteiger partial charge in [-0.25, -0.2) is 9.97 Å². The molecule has 43 heavy (non-hydrogen) atoms. The van der Waals surface area contributed by atoms with E-state index in [0.717, 1.165) is 40.1 Å². The third-order valence-corrected chi connectivity index (χ3v) is 7.79. The number of nitrogen functional groups attached to an aromatic ring is 1. The van der Waals surface area contributed by atoms with E-state index in [2.05, 4.69) is 56.9 Å². The number of rotatable bonds is 10. The maximum Gasteiger partial charge on any atom is 0.146 e. The summed E-state index contributed by atoms with van der Waals surface area (Å²) in [5.74, 6) is 2.14. The number of likely N-dealkylation sites (tertiary alicyclic amines) is 1. The zero-order valence-corrected chi connectivity index (χ0v) is 27.1. The van der Waals surface area contributed by atoms with Crippen LogP contribution in [0.5, 0.6) is 11.5 Å². The van der Waals surface area contributed by atoms with Crippen LogP contribution >= 0.6 is 0 Å². The van der Waals surface area contributed by atoms with Gasteiger partial charge in [-0.1, -0.05) is 55.8 Å². The predicted molar refractivity (Wildman–Crippen MR) is 183 cm³/mol. The first-order valence-electron chi connectivity index (χ1n) is 15.8. The Labute approximate surface area is 259 Å². The van der Waals surface area contributed by atoms with Crippen molar-refractivity contribution in [1.82, 2.24) is 24.8 Å². The summed E-state index contributed by atoms with van der Waals surface area (Å²) in [6.07, 6.45) is 15.3. The second-order valence-electron chi connectivity index (χ2n) is 11.1. The minimum atomic E-state index is 0.318. The Bertz CT molecular complexity index is 1360. The molecule has 3 N–H and O–H groups in total. The number of benzene rings is 2. The summed E-state index contributed by atoms with van der Waals surface area (Å²) >= 11 is 0. The Morgan fingerprint density at radius 3 is 2.14 bits per heavy atom. The van der Waals surface area contributed by atoms with Crippen LogP contribution < -0.4 is 15.8 Å². The van der Waals surface area contributed by atoms with E-state index in [1.54, 1.807) is 6.33 Å². The molecule has 7 nitrogen and oxygen atoms in total. The van der Waals surface area contributed by atoms with Gasteiger partial charge in [-0.3, -0.25) is 0 Å². The summed E-state index contributed by atoms with van der Waals surface area (Å²) in [5.41, 5.74) is 9.43. The van der Waals surface area contributed by atoms with E-state index < -0.39 is 0 Å². The van der Waals surface area contributed by atoms with Gasteiger partial charge in [0.05, 0.1) is 5.39 Å². The van der Waals surface area contributed by atoms with Crippen molar-refractivity contribution in [2.45, 2.75) is 78.3 Å². The number of fused-ring (bicyclic) bond motifs is 1. The highest BCUT2D eigenvalue weighted by molar-refractivity contribution is 6.00. The summed E-state index contributed by atoms with van der Waals surface area (Å²) in [6.45, 7) is 11.1. The second-order valence-corrected chi connectivity index (χ2v) is 11.1. The highest BCUT2D eigenvalue weighted by Gasteiger charge is 2.23. The summed E-state index contributed by atoms with van der Waals surface area (Å²) in [6, 6.07) is 19.0. The Morgan fingerprint density at radius 1 is 0.907 bits per heavy atom. The number of hydrogen-bond donors (Lipinski definition) is 2. The summed E-state index contributed by atoms with van der Waals surface area (Å²) < 4.78 is 8.28. The van der Waals surface area contributed by atoms with Crippen LogP contribution in [-0.4, -0.2) is 52.7 Å². The molecule has 0 bridgehead atoms. The lowest BCUT2D eigenvalue weighted by Crippen LogP contribution is -2.33. The molecule has 0 amide bonds. The van der Waals surface area contributed by atoms with Crippen molar-refractivity contribution in [3.63, 3.8) is 0 Å². The Balaban J connectivity index is 0.000000657. The lowest BCUT2D eigenvalue weighted by molar-refractivity contribution is 0.207. The lowest BCUT2D eigenvalue weighted by atomic mass is 10.0. The smallest absolute Gasteiger partial charge is 0.146 e. The summed E-state index contributed by atoms with van der Waals surface area (Å²) in [7, 11) is 3.75. The first-order chi connectivity index (χ1) is 21.0. The van der Waals surface area contributed by atoms with E-state index in [1.807, 2.05) is 82.6 Å². The molecule has 0 aliphatic carbocycles. The maximum absolute atomic E-state index is 6.39. The number of nitrogens with zero attached hydrogens (tertiary/aromatic N) is 4. The molecule has 232 valence electrons. The average Bonchev–Trinajstić information content (AvgIpc) is 3.70. The summed E-state index contributed by atoms with van der Waals surface area (Å²) in [5, 5.41) is 3.67. The van der Waals surface area contributed by atoms with Crippen molar-refractivity contribution in [2.24, 2.45) is 0 Å². The molecule has 2 unspecified atom stereocenters. The molecule has 0 radical (unpaired) electrons. The van der Waals surface area contributed by atoms with Gasteiger partial charge in [0.1, 0.15) is 29.3 Å². The molecule has 2 atom stereocenters. The fourth-order valence-electron chi connectivity index (χ4n) is 5.51. The lowest BCUT2D eigenvalue weighted by Gasteiger charge is -2.28.